The van der Waals surface area contributed by atoms with E-state index in [0.717, 1.165) is 0 Å². The summed E-state index contributed by atoms with van der Waals surface area (Å²) >= 11 is 0. The van der Waals surface area contributed by atoms with E-state index in [1.54, 1.807) is 11.0 Å². The van der Waals surface area contributed by atoms with Crippen LogP contribution in [0.25, 0.3) is 0 Å². The van der Waals surface area contributed by atoms with Gasteiger partial charge in [-0.2, -0.15) is 0 Å². The third-order valence-electron chi connectivity index (χ3n) is 4.76. The van der Waals surface area contributed by atoms with Crippen molar-refractivity contribution in [1.29, 1.82) is 0 Å². The Morgan fingerprint density at radius 1 is 1.10 bits per heavy atom. The number of benzene rings is 1. The molecule has 1 saturated heterocycles. The van der Waals surface area contributed by atoms with Gasteiger partial charge < -0.3 is 20.0 Å². The third-order valence-corrected chi connectivity index (χ3v) is 4.76. The van der Waals surface area contributed by atoms with Crippen molar-refractivity contribution in [3.8, 4) is 0 Å². The van der Waals surface area contributed by atoms with Crippen molar-refractivity contribution in [2.24, 2.45) is 5.92 Å². The first-order valence-corrected chi connectivity index (χ1v) is 9.09. The first-order chi connectivity index (χ1) is 13.9. The van der Waals surface area contributed by atoms with Gasteiger partial charge in [0.05, 0.1) is 16.7 Å². The molecule has 3 rings (SSSR count). The summed E-state index contributed by atoms with van der Waals surface area (Å²) in [7, 11) is 0. The summed E-state index contributed by atoms with van der Waals surface area (Å²) in [6, 6.07) is 6.82. The van der Waals surface area contributed by atoms with Crippen LogP contribution in [0.5, 0.6) is 0 Å². The zero-order valence-corrected chi connectivity index (χ0v) is 15.5. The number of likely N-dealkylation sites (tertiary alicyclic amines) is 1. The predicted octanol–water partition coefficient (Wildman–Crippen LogP) is 1.79. The quantitative estimate of drug-likeness (QED) is 0.446. The minimum absolute atomic E-state index is 0.0799. The minimum atomic E-state index is -0.841. The number of rotatable bonds is 5. The Morgan fingerprint density at radius 2 is 1.79 bits per heavy atom. The molecule has 3 amide bonds. The second-order valence-electron chi connectivity index (χ2n) is 6.72. The number of nitro groups is 1. The minimum Gasteiger partial charge on any atom is -0.472 e. The lowest BCUT2D eigenvalue weighted by Crippen LogP contribution is -2.43. The summed E-state index contributed by atoms with van der Waals surface area (Å²) in [5, 5.41) is 15.6. The molecule has 1 fully saturated rings. The highest BCUT2D eigenvalue weighted by Gasteiger charge is 2.25. The number of furan rings is 1. The lowest BCUT2D eigenvalue weighted by Gasteiger charge is -2.31. The van der Waals surface area contributed by atoms with Crippen molar-refractivity contribution < 1.29 is 23.7 Å². The Kier molecular flexibility index (Phi) is 6.22. The average molecular weight is 400 g/mol. The number of amides is 3. The van der Waals surface area contributed by atoms with Crippen molar-refractivity contribution in [2.75, 3.05) is 25.0 Å². The van der Waals surface area contributed by atoms with E-state index >= 15 is 0 Å². The lowest BCUT2D eigenvalue weighted by molar-refractivity contribution is -0.384. The highest BCUT2D eigenvalue weighted by Crippen LogP contribution is 2.19. The summed E-state index contributed by atoms with van der Waals surface area (Å²) < 4.78 is 4.93. The van der Waals surface area contributed by atoms with Gasteiger partial charge in [0, 0.05) is 37.5 Å². The summed E-state index contributed by atoms with van der Waals surface area (Å²) in [6.45, 7) is 1.47. The second-order valence-corrected chi connectivity index (χ2v) is 6.72. The maximum atomic E-state index is 12.3. The molecule has 0 unspecified atom stereocenters. The molecule has 0 saturated carbocycles. The molecule has 0 bridgehead atoms. The van der Waals surface area contributed by atoms with E-state index in [-0.39, 0.29) is 17.5 Å². The highest BCUT2D eigenvalue weighted by atomic mass is 16.6. The molecule has 0 atom stereocenters. The molecule has 10 nitrogen and oxygen atoms in total. The molecule has 2 aromatic rings. The van der Waals surface area contributed by atoms with Crippen molar-refractivity contribution in [3.63, 3.8) is 0 Å². The average Bonchev–Trinajstić information content (AvgIpc) is 3.27. The standard InChI is InChI=1S/C19H20N4O6/c24-17(18(25)21-15-1-3-16(4-2-15)23(27)28)20-11-13-5-8-22(9-6-13)19(26)14-7-10-29-12-14/h1-4,7,10,12-13H,5-6,8-9,11H2,(H,20,24)(H,21,25). The van der Waals surface area contributed by atoms with Crippen LogP contribution in [0, 0.1) is 16.0 Å². The fraction of sp³-hybridized carbons (Fsp3) is 0.316. The number of nitrogens with one attached hydrogen (secondary N) is 2. The molecular formula is C19H20N4O6. The normalized spacial score (nSPS) is 14.3. The third kappa shape index (κ3) is 5.18. The fourth-order valence-electron chi connectivity index (χ4n) is 3.08. The van der Waals surface area contributed by atoms with Crippen molar-refractivity contribution in [3.05, 3.63) is 58.5 Å². The Bertz CT molecular complexity index is 886. The number of nitrogens with zero attached hydrogens (tertiary/aromatic N) is 2. The monoisotopic (exact) mass is 400 g/mol. The lowest BCUT2D eigenvalue weighted by atomic mass is 9.96. The molecule has 10 heteroatoms. The van der Waals surface area contributed by atoms with E-state index in [2.05, 4.69) is 10.6 Å². The maximum Gasteiger partial charge on any atom is 0.313 e. The van der Waals surface area contributed by atoms with Crippen LogP contribution in [0.3, 0.4) is 0 Å². The zero-order valence-electron chi connectivity index (χ0n) is 15.5. The SMILES string of the molecule is O=C(NCC1CCN(C(=O)c2ccoc2)CC1)C(=O)Nc1ccc([N+](=O)[O-])cc1. The summed E-state index contributed by atoms with van der Waals surface area (Å²) in [4.78, 5) is 48.0. The Balaban J connectivity index is 1.41. The molecule has 0 aliphatic carbocycles. The van der Waals surface area contributed by atoms with Gasteiger partial charge in [0.1, 0.15) is 6.26 Å². The number of nitro benzene ring substituents is 1. The predicted molar refractivity (Wildman–Crippen MR) is 102 cm³/mol. The Labute approximate surface area is 166 Å². The second kappa shape index (κ2) is 9.00. The largest absolute Gasteiger partial charge is 0.472 e. The van der Waals surface area contributed by atoms with Crippen LogP contribution in [0.15, 0.2) is 47.3 Å². The number of anilines is 1. The van der Waals surface area contributed by atoms with Crippen molar-refractivity contribution in [1.82, 2.24) is 10.2 Å². The molecular weight excluding hydrogens is 380 g/mol. The fourth-order valence-corrected chi connectivity index (χ4v) is 3.08. The van der Waals surface area contributed by atoms with Crippen LogP contribution < -0.4 is 10.6 Å². The number of hydrogen-bond donors (Lipinski definition) is 2. The zero-order chi connectivity index (χ0) is 20.8. The smallest absolute Gasteiger partial charge is 0.313 e. The van der Waals surface area contributed by atoms with Gasteiger partial charge in [-0.25, -0.2) is 0 Å². The van der Waals surface area contributed by atoms with Gasteiger partial charge in [-0.3, -0.25) is 24.5 Å². The van der Waals surface area contributed by atoms with Gasteiger partial charge >= 0.3 is 11.8 Å². The summed E-state index contributed by atoms with van der Waals surface area (Å²) in [6.07, 6.45) is 4.30. The van der Waals surface area contributed by atoms with E-state index in [0.29, 0.717) is 43.7 Å². The molecule has 1 aromatic heterocycles. The van der Waals surface area contributed by atoms with E-state index in [4.69, 9.17) is 4.42 Å². The molecule has 2 N–H and O–H groups in total. The highest BCUT2D eigenvalue weighted by molar-refractivity contribution is 6.39. The molecule has 2 heterocycles. The van der Waals surface area contributed by atoms with E-state index < -0.39 is 16.7 Å². The number of hydrogen-bond acceptors (Lipinski definition) is 6. The molecule has 0 spiro atoms. The molecule has 29 heavy (non-hydrogen) atoms. The van der Waals surface area contributed by atoms with E-state index in [1.807, 2.05) is 0 Å². The van der Waals surface area contributed by atoms with Crippen LogP contribution in [0.2, 0.25) is 0 Å². The Morgan fingerprint density at radius 3 is 2.38 bits per heavy atom. The number of carbonyl (C=O) groups is 3. The Hall–Kier alpha value is -3.69. The number of piperidine rings is 1. The van der Waals surface area contributed by atoms with E-state index in [1.165, 1.54) is 36.8 Å². The summed E-state index contributed by atoms with van der Waals surface area (Å²) in [5.74, 6) is -1.53. The molecule has 1 aliphatic rings. The van der Waals surface area contributed by atoms with Crippen LogP contribution in [-0.2, 0) is 9.59 Å². The first kappa shape index (κ1) is 20.1. The molecule has 152 valence electrons. The van der Waals surface area contributed by atoms with Crippen molar-refractivity contribution >= 4 is 29.1 Å². The number of carbonyl (C=O) groups excluding carboxylic acids is 3. The van der Waals surface area contributed by atoms with Crippen LogP contribution in [-0.4, -0.2) is 47.2 Å². The number of non-ortho nitro benzene ring substituents is 1. The summed E-state index contributed by atoms with van der Waals surface area (Å²) in [5.41, 5.74) is 0.700. The van der Waals surface area contributed by atoms with Crippen LogP contribution >= 0.6 is 0 Å². The van der Waals surface area contributed by atoms with E-state index in [9.17, 15) is 24.5 Å². The van der Waals surface area contributed by atoms with Crippen molar-refractivity contribution in [2.45, 2.75) is 12.8 Å². The van der Waals surface area contributed by atoms with Gasteiger partial charge in [0.15, 0.2) is 0 Å². The first-order valence-electron chi connectivity index (χ1n) is 9.09. The topological polar surface area (TPSA) is 135 Å². The molecule has 1 aliphatic heterocycles. The van der Waals surface area contributed by atoms with Gasteiger partial charge in [0.25, 0.3) is 11.6 Å². The van der Waals surface area contributed by atoms with Gasteiger partial charge in [-0.05, 0) is 37.0 Å². The van der Waals surface area contributed by atoms with Crippen LogP contribution in [0.1, 0.15) is 23.2 Å². The molecule has 0 radical (unpaired) electrons. The van der Waals surface area contributed by atoms with Gasteiger partial charge in [-0.15, -0.1) is 0 Å². The molecule has 1 aromatic carbocycles. The van der Waals surface area contributed by atoms with Crippen LogP contribution in [0.4, 0.5) is 11.4 Å². The maximum absolute atomic E-state index is 12.3. The van der Waals surface area contributed by atoms with Gasteiger partial charge in [-0.1, -0.05) is 0 Å². The van der Waals surface area contributed by atoms with Gasteiger partial charge in [0.2, 0.25) is 0 Å².